The quantitative estimate of drug-likeness (QED) is 0.658. The van der Waals surface area contributed by atoms with Crippen molar-refractivity contribution in [2.45, 2.75) is 25.9 Å². The van der Waals surface area contributed by atoms with E-state index in [1.54, 1.807) is 0 Å². The van der Waals surface area contributed by atoms with Gasteiger partial charge in [-0.3, -0.25) is 0 Å². The van der Waals surface area contributed by atoms with Gasteiger partial charge in [-0.15, -0.1) is 0 Å². The SMILES string of the molecule is CCNC(=NCc1cc(F)ccc1F)NC1CCOc2ccccc21. The van der Waals surface area contributed by atoms with Crippen molar-refractivity contribution in [3.05, 3.63) is 65.2 Å². The first-order valence-corrected chi connectivity index (χ1v) is 8.38. The van der Waals surface area contributed by atoms with Gasteiger partial charge < -0.3 is 15.4 Å². The zero-order valence-electron chi connectivity index (χ0n) is 14.1. The first kappa shape index (κ1) is 17.2. The van der Waals surface area contributed by atoms with E-state index in [0.29, 0.717) is 19.1 Å². The third kappa shape index (κ3) is 4.26. The monoisotopic (exact) mass is 345 g/mol. The van der Waals surface area contributed by atoms with Crippen LogP contribution in [0.5, 0.6) is 5.75 Å². The topological polar surface area (TPSA) is 45.7 Å². The second-order valence-electron chi connectivity index (χ2n) is 5.80. The van der Waals surface area contributed by atoms with Gasteiger partial charge in [-0.2, -0.15) is 0 Å². The number of rotatable bonds is 4. The average Bonchev–Trinajstić information content (AvgIpc) is 2.63. The number of fused-ring (bicyclic) bond motifs is 1. The van der Waals surface area contributed by atoms with Crippen LogP contribution in [0.2, 0.25) is 0 Å². The van der Waals surface area contributed by atoms with Crippen molar-refractivity contribution in [3.8, 4) is 5.75 Å². The smallest absolute Gasteiger partial charge is 0.192 e. The molecule has 0 fully saturated rings. The van der Waals surface area contributed by atoms with E-state index in [-0.39, 0.29) is 18.2 Å². The molecule has 2 aromatic carbocycles. The summed E-state index contributed by atoms with van der Waals surface area (Å²) in [5.74, 6) is 0.492. The Balaban J connectivity index is 1.76. The number of aliphatic imine (C=N–C) groups is 1. The lowest BCUT2D eigenvalue weighted by Gasteiger charge is -2.28. The molecular formula is C19H21F2N3O. The lowest BCUT2D eigenvalue weighted by molar-refractivity contribution is 0.261. The number of ether oxygens (including phenoxy) is 1. The molecule has 0 amide bonds. The molecule has 0 aliphatic carbocycles. The molecule has 0 spiro atoms. The van der Waals surface area contributed by atoms with E-state index < -0.39 is 11.6 Å². The Kier molecular flexibility index (Phi) is 5.48. The normalized spacial score (nSPS) is 16.8. The first-order chi connectivity index (χ1) is 12.2. The Morgan fingerprint density at radius 1 is 1.24 bits per heavy atom. The maximum absolute atomic E-state index is 13.8. The number of nitrogens with one attached hydrogen (secondary N) is 2. The lowest BCUT2D eigenvalue weighted by atomic mass is 10.0. The minimum absolute atomic E-state index is 0.0557. The van der Waals surface area contributed by atoms with E-state index in [1.807, 2.05) is 31.2 Å². The van der Waals surface area contributed by atoms with Crippen molar-refractivity contribution in [2.75, 3.05) is 13.2 Å². The molecule has 132 valence electrons. The Labute approximate surface area is 145 Å². The van der Waals surface area contributed by atoms with Crippen LogP contribution in [0.25, 0.3) is 0 Å². The van der Waals surface area contributed by atoms with Crippen LogP contribution in [0.15, 0.2) is 47.5 Å². The molecular weight excluding hydrogens is 324 g/mol. The van der Waals surface area contributed by atoms with E-state index in [2.05, 4.69) is 15.6 Å². The number of halogens is 2. The molecule has 2 N–H and O–H groups in total. The van der Waals surface area contributed by atoms with E-state index >= 15 is 0 Å². The predicted molar refractivity (Wildman–Crippen MR) is 93.6 cm³/mol. The molecule has 1 aliphatic heterocycles. The van der Waals surface area contributed by atoms with Gasteiger partial charge in [0.1, 0.15) is 17.4 Å². The molecule has 1 aliphatic rings. The van der Waals surface area contributed by atoms with Crippen LogP contribution >= 0.6 is 0 Å². The number of hydrogen-bond acceptors (Lipinski definition) is 2. The summed E-state index contributed by atoms with van der Waals surface area (Å²) in [5.41, 5.74) is 1.29. The Bertz CT molecular complexity index is 764. The standard InChI is InChI=1S/C19H21F2N3O/c1-2-22-19(23-12-13-11-14(20)7-8-16(13)21)24-17-9-10-25-18-6-4-3-5-15(17)18/h3-8,11,17H,2,9-10,12H2,1H3,(H2,22,23,24). The molecule has 1 unspecified atom stereocenters. The lowest BCUT2D eigenvalue weighted by Crippen LogP contribution is -2.41. The zero-order chi connectivity index (χ0) is 17.6. The second kappa shape index (κ2) is 7.96. The highest BCUT2D eigenvalue weighted by Gasteiger charge is 2.21. The number of guanidine groups is 1. The fraction of sp³-hybridized carbons (Fsp3) is 0.316. The van der Waals surface area contributed by atoms with Crippen molar-refractivity contribution in [3.63, 3.8) is 0 Å². The summed E-state index contributed by atoms with van der Waals surface area (Å²) in [6.07, 6.45) is 0.801. The van der Waals surface area contributed by atoms with Gasteiger partial charge >= 0.3 is 0 Å². The van der Waals surface area contributed by atoms with Crippen LogP contribution in [0.1, 0.15) is 30.5 Å². The highest BCUT2D eigenvalue weighted by Crippen LogP contribution is 2.31. The maximum Gasteiger partial charge on any atom is 0.192 e. The fourth-order valence-corrected chi connectivity index (χ4v) is 2.81. The number of benzene rings is 2. The fourth-order valence-electron chi connectivity index (χ4n) is 2.81. The van der Waals surface area contributed by atoms with Crippen LogP contribution in [-0.4, -0.2) is 19.1 Å². The van der Waals surface area contributed by atoms with E-state index in [4.69, 9.17) is 4.74 Å². The van der Waals surface area contributed by atoms with E-state index in [1.165, 1.54) is 6.07 Å². The van der Waals surface area contributed by atoms with Gasteiger partial charge in [-0.25, -0.2) is 13.8 Å². The summed E-state index contributed by atoms with van der Waals surface area (Å²) in [6, 6.07) is 11.3. The minimum Gasteiger partial charge on any atom is -0.493 e. The molecule has 0 saturated heterocycles. The van der Waals surface area contributed by atoms with Crippen molar-refractivity contribution < 1.29 is 13.5 Å². The van der Waals surface area contributed by atoms with Gasteiger partial charge in [0.15, 0.2) is 5.96 Å². The molecule has 0 aromatic heterocycles. The van der Waals surface area contributed by atoms with Crippen LogP contribution in [0.3, 0.4) is 0 Å². The molecule has 1 atom stereocenters. The van der Waals surface area contributed by atoms with Crippen LogP contribution in [-0.2, 0) is 6.54 Å². The summed E-state index contributed by atoms with van der Waals surface area (Å²) in [5, 5.41) is 6.51. The Hall–Kier alpha value is -2.63. The molecule has 1 heterocycles. The molecule has 0 saturated carbocycles. The molecule has 25 heavy (non-hydrogen) atoms. The van der Waals surface area contributed by atoms with Crippen molar-refractivity contribution in [1.29, 1.82) is 0 Å². The van der Waals surface area contributed by atoms with E-state index in [0.717, 1.165) is 29.9 Å². The third-order valence-corrected chi connectivity index (χ3v) is 4.03. The molecule has 0 bridgehead atoms. The summed E-state index contributed by atoms with van der Waals surface area (Å²) >= 11 is 0. The predicted octanol–water partition coefficient (Wildman–Crippen LogP) is 3.54. The largest absolute Gasteiger partial charge is 0.493 e. The van der Waals surface area contributed by atoms with Crippen molar-refractivity contribution in [2.24, 2.45) is 4.99 Å². The summed E-state index contributed by atoms with van der Waals surface area (Å²) in [6.45, 7) is 3.30. The zero-order valence-corrected chi connectivity index (χ0v) is 14.1. The van der Waals surface area contributed by atoms with Crippen LogP contribution in [0.4, 0.5) is 8.78 Å². The van der Waals surface area contributed by atoms with Crippen LogP contribution in [0, 0.1) is 11.6 Å². The molecule has 0 radical (unpaired) electrons. The first-order valence-electron chi connectivity index (χ1n) is 8.38. The van der Waals surface area contributed by atoms with Crippen LogP contribution < -0.4 is 15.4 Å². The molecule has 3 rings (SSSR count). The number of para-hydroxylation sites is 1. The number of hydrogen-bond donors (Lipinski definition) is 2. The summed E-state index contributed by atoms with van der Waals surface area (Å²) < 4.78 is 32.7. The highest BCUT2D eigenvalue weighted by atomic mass is 19.1. The van der Waals surface area contributed by atoms with E-state index in [9.17, 15) is 8.78 Å². The summed E-state index contributed by atoms with van der Waals surface area (Å²) in [7, 11) is 0. The molecule has 2 aromatic rings. The highest BCUT2D eigenvalue weighted by molar-refractivity contribution is 5.80. The van der Waals surface area contributed by atoms with Gasteiger partial charge in [0.2, 0.25) is 0 Å². The van der Waals surface area contributed by atoms with Gasteiger partial charge in [0.25, 0.3) is 0 Å². The van der Waals surface area contributed by atoms with Gasteiger partial charge in [0, 0.05) is 24.1 Å². The van der Waals surface area contributed by atoms with Gasteiger partial charge in [-0.1, -0.05) is 18.2 Å². The Morgan fingerprint density at radius 3 is 2.92 bits per heavy atom. The second-order valence-corrected chi connectivity index (χ2v) is 5.80. The van der Waals surface area contributed by atoms with Crippen molar-refractivity contribution in [1.82, 2.24) is 10.6 Å². The third-order valence-electron chi connectivity index (χ3n) is 4.03. The minimum atomic E-state index is -0.470. The van der Waals surface area contributed by atoms with Gasteiger partial charge in [-0.05, 0) is 31.2 Å². The van der Waals surface area contributed by atoms with Crippen molar-refractivity contribution >= 4 is 5.96 Å². The van der Waals surface area contributed by atoms with Gasteiger partial charge in [0.05, 0.1) is 19.2 Å². The maximum atomic E-state index is 13.8. The molecule has 4 nitrogen and oxygen atoms in total. The number of nitrogens with zero attached hydrogens (tertiary/aromatic N) is 1. The average molecular weight is 345 g/mol. The molecule has 6 heteroatoms. The summed E-state index contributed by atoms with van der Waals surface area (Å²) in [4.78, 5) is 4.40. The Morgan fingerprint density at radius 2 is 2.08 bits per heavy atom.